The molecule has 6 heteroatoms. The van der Waals surface area contributed by atoms with E-state index in [0.29, 0.717) is 11.4 Å². The first-order chi connectivity index (χ1) is 14.2. The van der Waals surface area contributed by atoms with Crippen molar-refractivity contribution in [2.45, 2.75) is 0 Å². The highest BCUT2D eigenvalue weighted by molar-refractivity contribution is 6.02. The molecule has 0 unspecified atom stereocenters. The molecule has 0 radical (unpaired) electrons. The number of para-hydroxylation sites is 1. The van der Waals surface area contributed by atoms with Gasteiger partial charge in [0.15, 0.2) is 0 Å². The Morgan fingerprint density at radius 2 is 1.79 bits per heavy atom. The summed E-state index contributed by atoms with van der Waals surface area (Å²) in [6.45, 7) is 0. The summed E-state index contributed by atoms with van der Waals surface area (Å²) in [7, 11) is 0. The Morgan fingerprint density at radius 1 is 1.00 bits per heavy atom. The maximum Gasteiger partial charge on any atom is 0.248 e. The SMILES string of the molecule is O=C(/C=C/c1cn(-c2ccccc2)nc1-c1cccnc1)Nc1ccc(F)cc1. The topological polar surface area (TPSA) is 59.8 Å². The zero-order chi connectivity index (χ0) is 20.1. The summed E-state index contributed by atoms with van der Waals surface area (Å²) in [4.78, 5) is 16.4. The fourth-order valence-corrected chi connectivity index (χ4v) is 2.83. The second-order valence-corrected chi connectivity index (χ2v) is 6.28. The predicted molar refractivity (Wildman–Crippen MR) is 111 cm³/mol. The Kier molecular flexibility index (Phi) is 5.25. The third-order valence-corrected chi connectivity index (χ3v) is 4.22. The molecule has 1 amide bonds. The van der Waals surface area contributed by atoms with E-state index in [2.05, 4.69) is 15.4 Å². The van der Waals surface area contributed by atoms with E-state index in [1.807, 2.05) is 48.7 Å². The minimum absolute atomic E-state index is 0.318. The second-order valence-electron chi connectivity index (χ2n) is 6.28. The van der Waals surface area contributed by atoms with Gasteiger partial charge in [0.05, 0.1) is 5.69 Å². The van der Waals surface area contributed by atoms with Crippen molar-refractivity contribution in [3.63, 3.8) is 0 Å². The molecule has 0 saturated heterocycles. The number of anilines is 1. The highest BCUT2D eigenvalue weighted by Gasteiger charge is 2.11. The van der Waals surface area contributed by atoms with Crippen LogP contribution >= 0.6 is 0 Å². The average molecular weight is 384 g/mol. The van der Waals surface area contributed by atoms with E-state index < -0.39 is 0 Å². The fourth-order valence-electron chi connectivity index (χ4n) is 2.83. The van der Waals surface area contributed by atoms with Crippen LogP contribution in [0.4, 0.5) is 10.1 Å². The molecule has 29 heavy (non-hydrogen) atoms. The van der Waals surface area contributed by atoms with Gasteiger partial charge in [-0.25, -0.2) is 9.07 Å². The quantitative estimate of drug-likeness (QED) is 0.506. The Bertz CT molecular complexity index is 1140. The third kappa shape index (κ3) is 4.44. The molecule has 0 fully saturated rings. The van der Waals surface area contributed by atoms with Gasteiger partial charge in [-0.2, -0.15) is 5.10 Å². The van der Waals surface area contributed by atoms with Gasteiger partial charge in [0, 0.05) is 41.5 Å². The van der Waals surface area contributed by atoms with Gasteiger partial charge < -0.3 is 5.32 Å². The predicted octanol–water partition coefficient (Wildman–Crippen LogP) is 4.73. The molecule has 2 aromatic carbocycles. The molecule has 0 aliphatic carbocycles. The normalized spacial score (nSPS) is 10.9. The number of aromatic nitrogens is 3. The summed E-state index contributed by atoms with van der Waals surface area (Å²) in [5.74, 6) is -0.672. The number of rotatable bonds is 5. The van der Waals surface area contributed by atoms with Crippen molar-refractivity contribution in [3.05, 3.63) is 103 Å². The molecule has 0 aliphatic rings. The highest BCUT2D eigenvalue weighted by Crippen LogP contribution is 2.24. The summed E-state index contributed by atoms with van der Waals surface area (Å²) in [6.07, 6.45) is 8.42. The minimum atomic E-state index is -0.354. The second kappa shape index (κ2) is 8.31. The standard InChI is InChI=1S/C23H17FN4O/c24-19-9-11-20(12-10-19)26-22(29)13-8-18-16-28(21-6-2-1-3-7-21)27-23(18)17-5-4-14-25-15-17/h1-16H,(H,26,29)/b13-8+. The van der Waals surface area contributed by atoms with Crippen LogP contribution in [0.3, 0.4) is 0 Å². The number of pyridine rings is 1. The molecule has 4 rings (SSSR count). The molecular formula is C23H17FN4O. The van der Waals surface area contributed by atoms with Gasteiger partial charge in [0.2, 0.25) is 5.91 Å². The number of halogens is 1. The number of hydrogen-bond acceptors (Lipinski definition) is 3. The van der Waals surface area contributed by atoms with E-state index in [1.54, 1.807) is 23.2 Å². The molecule has 0 aliphatic heterocycles. The number of benzene rings is 2. The van der Waals surface area contributed by atoms with Crippen molar-refractivity contribution >= 4 is 17.7 Å². The summed E-state index contributed by atoms with van der Waals surface area (Å²) in [6, 6.07) is 19.1. The Labute approximate surface area is 167 Å². The Hall–Kier alpha value is -4.06. The van der Waals surface area contributed by atoms with Crippen molar-refractivity contribution in [2.75, 3.05) is 5.32 Å². The van der Waals surface area contributed by atoms with Crippen LogP contribution in [0.15, 0.2) is 91.4 Å². The number of nitrogens with one attached hydrogen (secondary N) is 1. The zero-order valence-electron chi connectivity index (χ0n) is 15.4. The van der Waals surface area contributed by atoms with E-state index in [0.717, 1.165) is 16.8 Å². The van der Waals surface area contributed by atoms with E-state index >= 15 is 0 Å². The van der Waals surface area contributed by atoms with Crippen molar-refractivity contribution < 1.29 is 9.18 Å². The Morgan fingerprint density at radius 3 is 2.52 bits per heavy atom. The van der Waals surface area contributed by atoms with Crippen molar-refractivity contribution in [1.29, 1.82) is 0 Å². The molecule has 0 spiro atoms. The molecule has 4 aromatic rings. The lowest BCUT2D eigenvalue weighted by Crippen LogP contribution is -2.07. The van der Waals surface area contributed by atoms with Gasteiger partial charge in [0.25, 0.3) is 0 Å². The number of amides is 1. The number of carbonyl (C=O) groups is 1. The minimum Gasteiger partial charge on any atom is -0.323 e. The van der Waals surface area contributed by atoms with Crippen LogP contribution in [0.1, 0.15) is 5.56 Å². The largest absolute Gasteiger partial charge is 0.323 e. The first-order valence-electron chi connectivity index (χ1n) is 8.99. The van der Waals surface area contributed by atoms with Crippen LogP contribution in [0.2, 0.25) is 0 Å². The number of hydrogen-bond donors (Lipinski definition) is 1. The summed E-state index contributed by atoms with van der Waals surface area (Å²) in [5.41, 5.74) is 3.77. The van der Waals surface area contributed by atoms with Gasteiger partial charge in [0.1, 0.15) is 11.5 Å². The molecule has 2 heterocycles. The van der Waals surface area contributed by atoms with Gasteiger partial charge in [-0.15, -0.1) is 0 Å². The first-order valence-corrected chi connectivity index (χ1v) is 8.99. The maximum atomic E-state index is 13.0. The molecule has 5 nitrogen and oxygen atoms in total. The van der Waals surface area contributed by atoms with Crippen molar-refractivity contribution in [1.82, 2.24) is 14.8 Å². The molecule has 0 bridgehead atoms. The smallest absolute Gasteiger partial charge is 0.248 e. The summed E-state index contributed by atoms with van der Waals surface area (Å²) >= 11 is 0. The molecule has 2 aromatic heterocycles. The average Bonchev–Trinajstić information content (AvgIpc) is 3.20. The van der Waals surface area contributed by atoms with E-state index in [4.69, 9.17) is 0 Å². The molecule has 0 saturated carbocycles. The molecule has 1 N–H and O–H groups in total. The molecular weight excluding hydrogens is 367 g/mol. The lowest BCUT2D eigenvalue weighted by Gasteiger charge is -2.01. The van der Waals surface area contributed by atoms with Gasteiger partial charge in [-0.3, -0.25) is 9.78 Å². The van der Waals surface area contributed by atoms with Crippen molar-refractivity contribution in [2.24, 2.45) is 0 Å². The number of nitrogens with zero attached hydrogens (tertiary/aromatic N) is 3. The van der Waals surface area contributed by atoms with Crippen molar-refractivity contribution in [3.8, 4) is 16.9 Å². The van der Waals surface area contributed by atoms with E-state index in [-0.39, 0.29) is 11.7 Å². The van der Waals surface area contributed by atoms with E-state index in [1.165, 1.54) is 30.3 Å². The summed E-state index contributed by atoms with van der Waals surface area (Å²) < 4.78 is 14.8. The maximum absolute atomic E-state index is 13.0. The van der Waals surface area contributed by atoms with Crippen LogP contribution < -0.4 is 5.32 Å². The van der Waals surface area contributed by atoms with Gasteiger partial charge in [-0.05, 0) is 54.6 Å². The van der Waals surface area contributed by atoms with Gasteiger partial charge >= 0.3 is 0 Å². The van der Waals surface area contributed by atoms with Crippen LogP contribution in [-0.4, -0.2) is 20.7 Å². The molecule has 0 atom stereocenters. The lowest BCUT2D eigenvalue weighted by atomic mass is 10.1. The van der Waals surface area contributed by atoms with Crippen LogP contribution in [0.5, 0.6) is 0 Å². The number of carbonyl (C=O) groups excluding carboxylic acids is 1. The zero-order valence-corrected chi connectivity index (χ0v) is 15.4. The lowest BCUT2D eigenvalue weighted by molar-refractivity contribution is -0.111. The molecule has 142 valence electrons. The van der Waals surface area contributed by atoms with Gasteiger partial charge in [-0.1, -0.05) is 18.2 Å². The summed E-state index contributed by atoms with van der Waals surface area (Å²) in [5, 5.41) is 7.38. The van der Waals surface area contributed by atoms with E-state index in [9.17, 15) is 9.18 Å². The third-order valence-electron chi connectivity index (χ3n) is 4.22. The fraction of sp³-hybridized carbons (Fsp3) is 0. The van der Waals surface area contributed by atoms with Crippen LogP contribution in [-0.2, 0) is 4.79 Å². The Balaban J connectivity index is 1.63. The van der Waals surface area contributed by atoms with Crippen LogP contribution in [0, 0.1) is 5.82 Å². The first kappa shape index (κ1) is 18.3. The van der Waals surface area contributed by atoms with Crippen LogP contribution in [0.25, 0.3) is 23.0 Å². The highest BCUT2D eigenvalue weighted by atomic mass is 19.1. The monoisotopic (exact) mass is 384 g/mol.